The molecule has 0 N–H and O–H groups in total. The zero-order valence-electron chi connectivity index (χ0n) is 24.7. The van der Waals surface area contributed by atoms with E-state index in [9.17, 15) is 5.26 Å². The molecule has 0 aliphatic heterocycles. The van der Waals surface area contributed by atoms with Crippen LogP contribution < -0.4 is 0 Å². The molecule has 2 aromatic heterocycles. The van der Waals surface area contributed by atoms with E-state index in [0.717, 1.165) is 88.4 Å². The van der Waals surface area contributed by atoms with E-state index in [1.54, 1.807) is 0 Å². The fourth-order valence-electron chi connectivity index (χ4n) is 6.95. The SMILES string of the molecule is N#Cc1ccccc1-c1ccccc1-c1cc(-c2cccc3oc4ccccc4c23)ccc1-c1cccc2oc3ccccc3c12. The number of rotatable bonds is 4. The Balaban J connectivity index is 1.38. The Kier molecular flexibility index (Phi) is 5.88. The third-order valence-corrected chi connectivity index (χ3v) is 8.98. The Bertz CT molecular complexity index is 2670. The van der Waals surface area contributed by atoms with Gasteiger partial charge in [0, 0.05) is 27.1 Å². The van der Waals surface area contributed by atoms with E-state index >= 15 is 0 Å². The van der Waals surface area contributed by atoms with Crippen LogP contribution in [0.15, 0.2) is 160 Å². The summed E-state index contributed by atoms with van der Waals surface area (Å²) < 4.78 is 12.6. The molecule has 0 aliphatic carbocycles. The van der Waals surface area contributed by atoms with Crippen molar-refractivity contribution in [2.75, 3.05) is 0 Å². The normalized spacial score (nSPS) is 11.5. The highest BCUT2D eigenvalue weighted by molar-refractivity contribution is 6.15. The molecule has 3 heteroatoms. The molecule has 2 heterocycles. The lowest BCUT2D eigenvalue weighted by Crippen LogP contribution is -1.93. The second kappa shape index (κ2) is 10.4. The van der Waals surface area contributed by atoms with Gasteiger partial charge in [-0.3, -0.25) is 0 Å². The summed E-state index contributed by atoms with van der Waals surface area (Å²) in [5.41, 5.74) is 12.5. The van der Waals surface area contributed by atoms with E-state index < -0.39 is 0 Å². The van der Waals surface area contributed by atoms with Crippen LogP contribution in [0, 0.1) is 11.3 Å². The van der Waals surface area contributed by atoms with Crippen molar-refractivity contribution < 1.29 is 8.83 Å². The minimum absolute atomic E-state index is 0.644. The summed E-state index contributed by atoms with van der Waals surface area (Å²) in [6.07, 6.45) is 0. The summed E-state index contributed by atoms with van der Waals surface area (Å²) in [6.45, 7) is 0. The molecule has 0 spiro atoms. The van der Waals surface area contributed by atoms with E-state index in [-0.39, 0.29) is 0 Å². The maximum atomic E-state index is 10.1. The molecule has 0 atom stereocenters. The van der Waals surface area contributed by atoms with Crippen LogP contribution in [0.2, 0.25) is 0 Å². The van der Waals surface area contributed by atoms with Gasteiger partial charge in [0.05, 0.1) is 11.6 Å². The number of para-hydroxylation sites is 2. The van der Waals surface area contributed by atoms with Gasteiger partial charge in [0.1, 0.15) is 22.3 Å². The van der Waals surface area contributed by atoms with Crippen molar-refractivity contribution >= 4 is 43.9 Å². The largest absolute Gasteiger partial charge is 0.456 e. The van der Waals surface area contributed by atoms with Crippen LogP contribution in [-0.2, 0) is 0 Å². The van der Waals surface area contributed by atoms with E-state index in [4.69, 9.17) is 8.83 Å². The lowest BCUT2D eigenvalue weighted by molar-refractivity contribution is 0.668. The Morgan fingerprint density at radius 2 is 0.848 bits per heavy atom. The van der Waals surface area contributed by atoms with Crippen LogP contribution in [0.3, 0.4) is 0 Å². The first-order valence-electron chi connectivity index (χ1n) is 15.3. The maximum Gasteiger partial charge on any atom is 0.136 e. The van der Waals surface area contributed by atoms with E-state index in [2.05, 4.69) is 91.0 Å². The number of hydrogen-bond donors (Lipinski definition) is 0. The number of hydrogen-bond acceptors (Lipinski definition) is 3. The van der Waals surface area contributed by atoms with Gasteiger partial charge >= 0.3 is 0 Å². The summed E-state index contributed by atoms with van der Waals surface area (Å²) in [5, 5.41) is 14.4. The molecule has 0 radical (unpaired) electrons. The van der Waals surface area contributed by atoms with Gasteiger partial charge in [-0.25, -0.2) is 0 Å². The maximum absolute atomic E-state index is 10.1. The molecule has 0 unspecified atom stereocenters. The molecule has 0 bridgehead atoms. The van der Waals surface area contributed by atoms with Crippen LogP contribution in [0.1, 0.15) is 5.56 Å². The van der Waals surface area contributed by atoms with Crippen molar-refractivity contribution in [3.63, 3.8) is 0 Å². The van der Waals surface area contributed by atoms with Gasteiger partial charge in [0.25, 0.3) is 0 Å². The first kappa shape index (κ1) is 26.1. The minimum Gasteiger partial charge on any atom is -0.456 e. The standard InChI is InChI=1S/C43H25NO2/c44-26-28-11-1-2-12-29(28)31-13-3-4-14-32(31)37-25-27(30-17-9-21-40-42(30)35-15-5-7-19-38(35)45-40)23-24-33(37)34-18-10-22-41-43(34)36-16-6-8-20-39(36)46-41/h1-25H. The highest BCUT2D eigenvalue weighted by Crippen LogP contribution is 2.46. The minimum atomic E-state index is 0.644. The van der Waals surface area contributed by atoms with Crippen LogP contribution >= 0.6 is 0 Å². The van der Waals surface area contributed by atoms with Crippen LogP contribution in [0.4, 0.5) is 0 Å². The zero-order valence-corrected chi connectivity index (χ0v) is 24.7. The summed E-state index contributed by atoms with van der Waals surface area (Å²) >= 11 is 0. The van der Waals surface area contributed by atoms with Gasteiger partial charge in [-0.05, 0) is 75.3 Å². The lowest BCUT2D eigenvalue weighted by Gasteiger charge is -2.18. The van der Waals surface area contributed by atoms with E-state index in [1.807, 2.05) is 66.7 Å². The highest BCUT2D eigenvalue weighted by atomic mass is 16.3. The molecule has 0 saturated heterocycles. The van der Waals surface area contributed by atoms with Gasteiger partial charge in [-0.1, -0.05) is 115 Å². The monoisotopic (exact) mass is 587 g/mol. The molecule has 0 amide bonds. The Morgan fingerprint density at radius 3 is 1.52 bits per heavy atom. The molecule has 7 aromatic carbocycles. The molecule has 9 aromatic rings. The number of nitrogens with zero attached hydrogens (tertiary/aromatic N) is 1. The second-order valence-electron chi connectivity index (χ2n) is 11.5. The van der Waals surface area contributed by atoms with Crippen molar-refractivity contribution in [1.82, 2.24) is 0 Å². The van der Waals surface area contributed by atoms with Crippen molar-refractivity contribution in [3.05, 3.63) is 157 Å². The fourth-order valence-corrected chi connectivity index (χ4v) is 6.95. The number of fused-ring (bicyclic) bond motifs is 6. The van der Waals surface area contributed by atoms with E-state index in [1.165, 1.54) is 0 Å². The summed E-state index contributed by atoms with van der Waals surface area (Å²) in [5.74, 6) is 0. The molecule has 46 heavy (non-hydrogen) atoms. The quantitative estimate of drug-likeness (QED) is 0.206. The van der Waals surface area contributed by atoms with Gasteiger partial charge < -0.3 is 8.83 Å². The molecule has 0 aliphatic rings. The Labute approximate surface area is 265 Å². The summed E-state index contributed by atoms with van der Waals surface area (Å²) in [4.78, 5) is 0. The highest BCUT2D eigenvalue weighted by Gasteiger charge is 2.20. The number of furan rings is 2. The van der Waals surface area contributed by atoms with Crippen molar-refractivity contribution in [2.24, 2.45) is 0 Å². The summed E-state index contributed by atoms with van der Waals surface area (Å²) in [6, 6.07) is 54.3. The van der Waals surface area contributed by atoms with Gasteiger partial charge in [0.15, 0.2) is 0 Å². The average Bonchev–Trinajstić information content (AvgIpc) is 3.70. The summed E-state index contributed by atoms with van der Waals surface area (Å²) in [7, 11) is 0. The predicted octanol–water partition coefficient (Wildman–Crippen LogP) is 12.0. The fraction of sp³-hybridized carbons (Fsp3) is 0. The van der Waals surface area contributed by atoms with Crippen LogP contribution in [0.5, 0.6) is 0 Å². The number of nitriles is 1. The van der Waals surface area contributed by atoms with Gasteiger partial charge in [-0.2, -0.15) is 5.26 Å². The molecule has 0 fully saturated rings. The molecule has 0 saturated carbocycles. The molecular formula is C43H25NO2. The third-order valence-electron chi connectivity index (χ3n) is 8.98. The second-order valence-corrected chi connectivity index (χ2v) is 11.5. The van der Waals surface area contributed by atoms with Gasteiger partial charge in [-0.15, -0.1) is 0 Å². The topological polar surface area (TPSA) is 50.1 Å². The van der Waals surface area contributed by atoms with E-state index in [0.29, 0.717) is 5.56 Å². The zero-order chi connectivity index (χ0) is 30.6. The molecular weight excluding hydrogens is 562 g/mol. The van der Waals surface area contributed by atoms with Crippen molar-refractivity contribution in [1.29, 1.82) is 5.26 Å². The smallest absolute Gasteiger partial charge is 0.136 e. The van der Waals surface area contributed by atoms with Crippen LogP contribution in [-0.4, -0.2) is 0 Å². The van der Waals surface area contributed by atoms with Crippen molar-refractivity contribution in [3.8, 4) is 50.6 Å². The molecule has 214 valence electrons. The first-order valence-corrected chi connectivity index (χ1v) is 15.3. The number of benzene rings is 7. The first-order chi connectivity index (χ1) is 22.8. The Hall–Kier alpha value is -6.37. The van der Waals surface area contributed by atoms with Gasteiger partial charge in [0.2, 0.25) is 0 Å². The van der Waals surface area contributed by atoms with Crippen LogP contribution in [0.25, 0.3) is 88.4 Å². The molecule has 3 nitrogen and oxygen atoms in total. The molecule has 9 rings (SSSR count). The van der Waals surface area contributed by atoms with Crippen molar-refractivity contribution in [2.45, 2.75) is 0 Å². The average molecular weight is 588 g/mol. The Morgan fingerprint density at radius 1 is 0.370 bits per heavy atom. The predicted molar refractivity (Wildman–Crippen MR) is 187 cm³/mol. The third kappa shape index (κ3) is 3.98. The lowest BCUT2D eigenvalue weighted by atomic mass is 9.85.